The number of hydrogen-bond donors (Lipinski definition) is 1. The molecule has 11 heteroatoms. The van der Waals surface area contributed by atoms with Gasteiger partial charge in [0.1, 0.15) is 15.8 Å². The molecule has 1 saturated heterocycles. The Balaban J connectivity index is 1.69. The minimum Gasteiger partial charge on any atom is -0.467 e. The molecule has 1 N–H and O–H groups in total. The Hall–Kier alpha value is -1.71. The number of thioether (sulfide) groups is 1. The number of hydrogen-bond acceptors (Lipinski definition) is 6. The zero-order valence-corrected chi connectivity index (χ0v) is 20.9. The third-order valence-electron chi connectivity index (χ3n) is 4.29. The van der Waals surface area contributed by atoms with E-state index < -0.39 is 10.0 Å². The predicted octanol–water partition coefficient (Wildman–Crippen LogP) is 5.53. The van der Waals surface area contributed by atoms with E-state index in [-0.39, 0.29) is 24.3 Å². The molecule has 170 valence electrons. The Morgan fingerprint density at radius 2 is 1.97 bits per heavy atom. The third-order valence-corrected chi connectivity index (χ3v) is 6.27. The van der Waals surface area contributed by atoms with Gasteiger partial charge in [0.05, 0.1) is 17.7 Å². The molecule has 1 atom stereocenters. The SMILES string of the molecule is CC(C)C(=O)N[C@H](Oc1ccc(/C=C2\SC(=S)N(Cc3ccco3)C2=O)cc1)C(Cl)(Cl)Cl. The van der Waals surface area contributed by atoms with Crippen LogP contribution in [0.4, 0.5) is 0 Å². The van der Waals surface area contributed by atoms with E-state index in [1.165, 1.54) is 16.7 Å². The van der Waals surface area contributed by atoms with E-state index in [1.54, 1.807) is 62.6 Å². The first-order valence-electron chi connectivity index (χ1n) is 9.46. The molecule has 0 radical (unpaired) electrons. The second-order valence-corrected chi connectivity index (χ2v) is 11.2. The summed E-state index contributed by atoms with van der Waals surface area (Å²) in [6.07, 6.45) is 2.11. The molecule has 6 nitrogen and oxygen atoms in total. The van der Waals surface area contributed by atoms with Gasteiger partial charge < -0.3 is 14.5 Å². The normalized spacial score (nSPS) is 16.7. The van der Waals surface area contributed by atoms with Gasteiger partial charge in [-0.3, -0.25) is 14.5 Å². The maximum atomic E-state index is 12.7. The summed E-state index contributed by atoms with van der Waals surface area (Å²) in [7, 11) is 0. The predicted molar refractivity (Wildman–Crippen MR) is 132 cm³/mol. The van der Waals surface area contributed by atoms with Gasteiger partial charge in [0.25, 0.3) is 5.91 Å². The number of carbonyl (C=O) groups is 2. The van der Waals surface area contributed by atoms with E-state index in [1.807, 2.05) is 0 Å². The van der Waals surface area contributed by atoms with Crippen LogP contribution in [0.1, 0.15) is 25.2 Å². The van der Waals surface area contributed by atoms with E-state index in [9.17, 15) is 9.59 Å². The number of nitrogens with one attached hydrogen (secondary N) is 1. The second kappa shape index (κ2) is 10.5. The Morgan fingerprint density at radius 3 is 2.53 bits per heavy atom. The van der Waals surface area contributed by atoms with Gasteiger partial charge in [-0.05, 0) is 35.9 Å². The standard InChI is InChI=1S/C21H19Cl3N2O4S2/c1-12(2)17(27)25-19(21(22,23)24)30-14-7-5-13(6-8-14)10-16-18(28)26(20(31)32-16)11-15-4-3-9-29-15/h3-10,12,19H,11H2,1-2H3,(H,25,27)/b16-10-/t19-/m1/s1. The summed E-state index contributed by atoms with van der Waals surface area (Å²) in [4.78, 5) is 26.7. The Labute approximate surface area is 210 Å². The van der Waals surface area contributed by atoms with Crippen LogP contribution in [-0.4, -0.2) is 31.1 Å². The minimum absolute atomic E-state index is 0.190. The molecule has 0 bridgehead atoms. The molecule has 1 aliphatic rings. The number of carbonyl (C=O) groups excluding carboxylic acids is 2. The maximum absolute atomic E-state index is 12.7. The van der Waals surface area contributed by atoms with Gasteiger partial charge in [0.2, 0.25) is 15.9 Å². The van der Waals surface area contributed by atoms with Crippen molar-refractivity contribution >= 4 is 81.0 Å². The monoisotopic (exact) mass is 532 g/mol. The van der Waals surface area contributed by atoms with Crippen molar-refractivity contribution in [2.45, 2.75) is 30.4 Å². The van der Waals surface area contributed by atoms with Crippen molar-refractivity contribution in [2.24, 2.45) is 5.92 Å². The fourth-order valence-corrected chi connectivity index (χ4v) is 4.15. The number of thiocarbonyl (C=S) groups is 1. The molecular formula is C21H19Cl3N2O4S2. The van der Waals surface area contributed by atoms with Crippen LogP contribution in [0, 0.1) is 5.92 Å². The number of ether oxygens (including phenoxy) is 1. The first-order chi connectivity index (χ1) is 15.0. The van der Waals surface area contributed by atoms with Gasteiger partial charge in [0.15, 0.2) is 0 Å². The molecule has 0 spiro atoms. The van der Waals surface area contributed by atoms with E-state index in [4.69, 9.17) is 56.2 Å². The maximum Gasteiger partial charge on any atom is 0.266 e. The minimum atomic E-state index is -1.87. The van der Waals surface area contributed by atoms with Gasteiger partial charge in [-0.25, -0.2) is 0 Å². The molecular weight excluding hydrogens is 515 g/mol. The number of rotatable bonds is 7. The van der Waals surface area contributed by atoms with Crippen LogP contribution >= 0.6 is 58.8 Å². The Bertz CT molecular complexity index is 1020. The first kappa shape index (κ1) is 24.9. The summed E-state index contributed by atoms with van der Waals surface area (Å²) in [6, 6.07) is 10.3. The number of amides is 2. The fourth-order valence-electron chi connectivity index (χ4n) is 2.60. The van der Waals surface area contributed by atoms with Crippen LogP contribution in [0.5, 0.6) is 5.75 Å². The summed E-state index contributed by atoms with van der Waals surface area (Å²) in [5.74, 6) is 0.228. The van der Waals surface area contributed by atoms with Gasteiger partial charge >= 0.3 is 0 Å². The summed E-state index contributed by atoms with van der Waals surface area (Å²) in [5, 5.41) is 2.57. The highest BCUT2D eigenvalue weighted by atomic mass is 35.6. The molecule has 2 aromatic rings. The molecule has 0 saturated carbocycles. The molecule has 1 aromatic heterocycles. The molecule has 0 unspecified atom stereocenters. The molecule has 32 heavy (non-hydrogen) atoms. The van der Waals surface area contributed by atoms with Crippen LogP contribution in [0.25, 0.3) is 6.08 Å². The lowest BCUT2D eigenvalue weighted by molar-refractivity contribution is -0.126. The summed E-state index contributed by atoms with van der Waals surface area (Å²) in [6.45, 7) is 3.72. The lowest BCUT2D eigenvalue weighted by atomic mass is 10.2. The van der Waals surface area contributed by atoms with Gasteiger partial charge in [0, 0.05) is 5.92 Å². The third kappa shape index (κ3) is 6.42. The zero-order valence-electron chi connectivity index (χ0n) is 17.0. The fraction of sp³-hybridized carbons (Fsp3) is 0.286. The van der Waals surface area contributed by atoms with Crippen LogP contribution in [-0.2, 0) is 16.1 Å². The largest absolute Gasteiger partial charge is 0.467 e. The van der Waals surface area contributed by atoms with Crippen LogP contribution < -0.4 is 10.1 Å². The molecule has 3 rings (SSSR count). The number of benzene rings is 1. The van der Waals surface area contributed by atoms with Crippen molar-refractivity contribution < 1.29 is 18.7 Å². The highest BCUT2D eigenvalue weighted by molar-refractivity contribution is 8.26. The molecule has 2 amide bonds. The van der Waals surface area contributed by atoms with Crippen LogP contribution in [0.3, 0.4) is 0 Å². The molecule has 0 aliphatic carbocycles. The van der Waals surface area contributed by atoms with Crippen LogP contribution in [0.15, 0.2) is 52.0 Å². The number of alkyl halides is 3. The lowest BCUT2D eigenvalue weighted by Crippen LogP contribution is -2.49. The van der Waals surface area contributed by atoms with Crippen molar-refractivity contribution in [3.63, 3.8) is 0 Å². The zero-order chi connectivity index (χ0) is 23.5. The summed E-state index contributed by atoms with van der Waals surface area (Å²) < 4.78 is 9.57. The van der Waals surface area contributed by atoms with E-state index in [0.717, 1.165) is 5.56 Å². The first-order valence-corrected chi connectivity index (χ1v) is 11.8. The van der Waals surface area contributed by atoms with Crippen molar-refractivity contribution in [3.05, 3.63) is 58.9 Å². The highest BCUT2D eigenvalue weighted by Gasteiger charge is 2.36. The Kier molecular flexibility index (Phi) is 8.16. The van der Waals surface area contributed by atoms with Crippen LogP contribution in [0.2, 0.25) is 0 Å². The summed E-state index contributed by atoms with van der Waals surface area (Å²) in [5.41, 5.74) is 0.757. The average Bonchev–Trinajstić information content (AvgIpc) is 3.32. The van der Waals surface area contributed by atoms with Crippen molar-refractivity contribution in [2.75, 3.05) is 0 Å². The van der Waals surface area contributed by atoms with Gasteiger partial charge in [-0.15, -0.1) is 0 Å². The van der Waals surface area contributed by atoms with E-state index in [0.29, 0.717) is 20.7 Å². The average molecular weight is 534 g/mol. The van der Waals surface area contributed by atoms with Gasteiger partial charge in [-0.1, -0.05) is 84.8 Å². The molecule has 1 fully saturated rings. The molecule has 1 aliphatic heterocycles. The van der Waals surface area contributed by atoms with E-state index >= 15 is 0 Å². The van der Waals surface area contributed by atoms with Crippen molar-refractivity contribution in [3.8, 4) is 5.75 Å². The van der Waals surface area contributed by atoms with Crippen molar-refractivity contribution in [1.29, 1.82) is 0 Å². The molecule has 1 aromatic carbocycles. The number of halogens is 3. The lowest BCUT2D eigenvalue weighted by Gasteiger charge is -2.27. The summed E-state index contributed by atoms with van der Waals surface area (Å²) >= 11 is 24.4. The smallest absolute Gasteiger partial charge is 0.266 e. The number of furan rings is 1. The quantitative estimate of drug-likeness (QED) is 0.218. The number of nitrogens with zero attached hydrogens (tertiary/aromatic N) is 1. The second-order valence-electron chi connectivity index (χ2n) is 7.12. The van der Waals surface area contributed by atoms with E-state index in [2.05, 4.69) is 5.32 Å². The van der Waals surface area contributed by atoms with Gasteiger partial charge in [-0.2, -0.15) is 0 Å². The molecule has 2 heterocycles. The Morgan fingerprint density at radius 1 is 1.28 bits per heavy atom. The topological polar surface area (TPSA) is 71.8 Å². The van der Waals surface area contributed by atoms with Crippen molar-refractivity contribution in [1.82, 2.24) is 10.2 Å². The highest BCUT2D eigenvalue weighted by Crippen LogP contribution is 2.35.